The highest BCUT2D eigenvalue weighted by Crippen LogP contribution is 2.17. The summed E-state index contributed by atoms with van der Waals surface area (Å²) in [7, 11) is 1.52. The van der Waals surface area contributed by atoms with Gasteiger partial charge in [0.1, 0.15) is 12.3 Å². The number of methoxy groups -OCH3 is 1. The van der Waals surface area contributed by atoms with E-state index in [1.54, 1.807) is 42.5 Å². The van der Waals surface area contributed by atoms with Gasteiger partial charge in [-0.2, -0.15) is 0 Å². The van der Waals surface area contributed by atoms with E-state index in [0.29, 0.717) is 17.0 Å². The molecular formula is C20H22N2O5. The van der Waals surface area contributed by atoms with Crippen molar-refractivity contribution < 1.29 is 23.9 Å². The molecule has 0 unspecified atom stereocenters. The van der Waals surface area contributed by atoms with Gasteiger partial charge in [0, 0.05) is 17.3 Å². The van der Waals surface area contributed by atoms with Gasteiger partial charge in [0.2, 0.25) is 0 Å². The normalized spacial score (nSPS) is 11.2. The molecule has 0 saturated heterocycles. The number of hydrogen-bond donors (Lipinski definition) is 2. The van der Waals surface area contributed by atoms with E-state index in [1.165, 1.54) is 14.0 Å². The zero-order chi connectivity index (χ0) is 19.8. The minimum absolute atomic E-state index is 0.330. The number of carbonyl (C=O) groups is 3. The molecule has 0 fully saturated rings. The first kappa shape index (κ1) is 20.0. The minimum atomic E-state index is -1.01. The van der Waals surface area contributed by atoms with Gasteiger partial charge in [-0.1, -0.05) is 23.8 Å². The molecule has 0 bridgehead atoms. The minimum Gasteiger partial charge on any atom is -0.497 e. The summed E-state index contributed by atoms with van der Waals surface area (Å²) < 4.78 is 10.1. The van der Waals surface area contributed by atoms with Gasteiger partial charge in [0.05, 0.1) is 7.11 Å². The van der Waals surface area contributed by atoms with Gasteiger partial charge in [-0.3, -0.25) is 14.4 Å². The molecule has 7 nitrogen and oxygen atoms in total. The highest BCUT2D eigenvalue weighted by Gasteiger charge is 2.18. The van der Waals surface area contributed by atoms with Crippen molar-refractivity contribution in [2.45, 2.75) is 20.0 Å². The molecule has 2 aromatic carbocycles. The molecule has 1 atom stereocenters. The number of aryl methyl sites for hydroxylation is 1. The Bertz CT molecular complexity index is 835. The van der Waals surface area contributed by atoms with Gasteiger partial charge in [-0.25, -0.2) is 0 Å². The van der Waals surface area contributed by atoms with Crippen molar-refractivity contribution >= 4 is 23.5 Å². The van der Waals surface area contributed by atoms with Crippen LogP contribution >= 0.6 is 0 Å². The molecule has 0 heterocycles. The van der Waals surface area contributed by atoms with E-state index >= 15 is 0 Å². The smallest absolute Gasteiger partial charge is 0.326 e. The summed E-state index contributed by atoms with van der Waals surface area (Å²) in [4.78, 5) is 36.0. The standard InChI is InChI=1S/C20H22N2O5/c1-13-6-4-7-15(10-13)20(25)21-12-18(23)27-14(2)19(24)22-16-8-5-9-17(11-16)26-3/h4-11,14H,12H2,1-3H3,(H,21,25)(H,22,24)/t14-/m1/s1. The van der Waals surface area contributed by atoms with Crippen LogP contribution in [0.1, 0.15) is 22.8 Å². The monoisotopic (exact) mass is 370 g/mol. The first-order valence-electron chi connectivity index (χ1n) is 8.38. The number of hydrogen-bond acceptors (Lipinski definition) is 5. The van der Waals surface area contributed by atoms with Gasteiger partial charge < -0.3 is 20.1 Å². The number of esters is 1. The first-order valence-corrected chi connectivity index (χ1v) is 8.38. The van der Waals surface area contributed by atoms with Gasteiger partial charge in [-0.15, -0.1) is 0 Å². The predicted octanol–water partition coefficient (Wildman–Crippen LogP) is 2.30. The Labute approximate surface area is 157 Å². The van der Waals surface area contributed by atoms with Crippen molar-refractivity contribution in [1.82, 2.24) is 5.32 Å². The average molecular weight is 370 g/mol. The number of benzene rings is 2. The van der Waals surface area contributed by atoms with Crippen LogP contribution in [0.4, 0.5) is 5.69 Å². The molecule has 142 valence electrons. The number of nitrogens with one attached hydrogen (secondary N) is 2. The summed E-state index contributed by atoms with van der Waals surface area (Å²) in [6, 6.07) is 13.8. The zero-order valence-corrected chi connectivity index (χ0v) is 15.4. The molecule has 0 aromatic heterocycles. The van der Waals surface area contributed by atoms with E-state index in [4.69, 9.17) is 9.47 Å². The second kappa shape index (κ2) is 9.38. The average Bonchev–Trinajstić information content (AvgIpc) is 2.66. The zero-order valence-electron chi connectivity index (χ0n) is 15.4. The maximum Gasteiger partial charge on any atom is 0.326 e. The van der Waals surface area contributed by atoms with E-state index in [9.17, 15) is 14.4 Å². The summed E-state index contributed by atoms with van der Waals surface area (Å²) in [5.74, 6) is -0.980. The molecule has 0 saturated carbocycles. The summed E-state index contributed by atoms with van der Waals surface area (Å²) >= 11 is 0. The topological polar surface area (TPSA) is 93.7 Å². The quantitative estimate of drug-likeness (QED) is 0.730. The molecule has 2 N–H and O–H groups in total. The molecule has 7 heteroatoms. The molecule has 0 aliphatic carbocycles. The molecule has 2 amide bonds. The van der Waals surface area contributed by atoms with Crippen molar-refractivity contribution in [3.05, 3.63) is 59.7 Å². The second-order valence-electron chi connectivity index (χ2n) is 5.91. The number of anilines is 1. The Hall–Kier alpha value is -3.35. The highest BCUT2D eigenvalue weighted by molar-refractivity contribution is 5.97. The number of carbonyl (C=O) groups excluding carboxylic acids is 3. The Kier molecular flexibility index (Phi) is 6.93. The van der Waals surface area contributed by atoms with Crippen LogP contribution in [0.2, 0.25) is 0 Å². The van der Waals surface area contributed by atoms with Crippen LogP contribution in [-0.4, -0.2) is 37.5 Å². The Morgan fingerprint density at radius 1 is 1.07 bits per heavy atom. The Balaban J connectivity index is 1.82. The van der Waals surface area contributed by atoms with Crippen LogP contribution in [0.25, 0.3) is 0 Å². The van der Waals surface area contributed by atoms with E-state index in [0.717, 1.165) is 5.56 Å². The molecule has 2 rings (SSSR count). The summed E-state index contributed by atoms with van der Waals surface area (Å²) in [6.45, 7) is 2.99. The highest BCUT2D eigenvalue weighted by atomic mass is 16.5. The fourth-order valence-electron chi connectivity index (χ4n) is 2.28. The van der Waals surface area contributed by atoms with Crippen molar-refractivity contribution in [3.8, 4) is 5.75 Å². The molecule has 0 spiro atoms. The molecule has 0 aliphatic heterocycles. The van der Waals surface area contributed by atoms with E-state index < -0.39 is 18.0 Å². The number of ether oxygens (including phenoxy) is 2. The van der Waals surface area contributed by atoms with Gasteiger partial charge >= 0.3 is 5.97 Å². The van der Waals surface area contributed by atoms with Crippen LogP contribution < -0.4 is 15.4 Å². The lowest BCUT2D eigenvalue weighted by atomic mass is 10.1. The van der Waals surface area contributed by atoms with Crippen molar-refractivity contribution in [2.24, 2.45) is 0 Å². The number of amides is 2. The lowest BCUT2D eigenvalue weighted by Crippen LogP contribution is -2.35. The SMILES string of the molecule is COc1cccc(NC(=O)[C@@H](C)OC(=O)CNC(=O)c2cccc(C)c2)c1. The van der Waals surface area contributed by atoms with Gasteiger partial charge in [0.25, 0.3) is 11.8 Å². The van der Waals surface area contributed by atoms with Gasteiger partial charge in [0.15, 0.2) is 6.10 Å². The molecule has 0 radical (unpaired) electrons. The first-order chi connectivity index (χ1) is 12.9. The van der Waals surface area contributed by atoms with Crippen molar-refractivity contribution in [1.29, 1.82) is 0 Å². The Morgan fingerprint density at radius 3 is 2.52 bits per heavy atom. The van der Waals surface area contributed by atoms with E-state index in [-0.39, 0.29) is 12.5 Å². The Morgan fingerprint density at radius 2 is 1.81 bits per heavy atom. The fraction of sp³-hybridized carbons (Fsp3) is 0.250. The third-order valence-corrected chi connectivity index (χ3v) is 3.69. The molecule has 0 aliphatic rings. The van der Waals surface area contributed by atoms with E-state index in [2.05, 4.69) is 10.6 Å². The van der Waals surface area contributed by atoms with Crippen LogP contribution in [0.5, 0.6) is 5.75 Å². The van der Waals surface area contributed by atoms with Crippen molar-refractivity contribution in [2.75, 3.05) is 19.0 Å². The van der Waals surface area contributed by atoms with Crippen molar-refractivity contribution in [3.63, 3.8) is 0 Å². The maximum absolute atomic E-state index is 12.1. The fourth-order valence-corrected chi connectivity index (χ4v) is 2.28. The summed E-state index contributed by atoms with van der Waals surface area (Å²) in [6.07, 6.45) is -1.01. The lowest BCUT2D eigenvalue weighted by molar-refractivity contribution is -0.152. The largest absolute Gasteiger partial charge is 0.497 e. The third-order valence-electron chi connectivity index (χ3n) is 3.69. The maximum atomic E-state index is 12.1. The van der Waals surface area contributed by atoms with Crippen LogP contribution in [0.15, 0.2) is 48.5 Å². The third kappa shape index (κ3) is 6.14. The number of rotatable bonds is 7. The molecular weight excluding hydrogens is 348 g/mol. The second-order valence-corrected chi connectivity index (χ2v) is 5.91. The summed E-state index contributed by atoms with van der Waals surface area (Å²) in [5.41, 5.74) is 1.91. The van der Waals surface area contributed by atoms with Crippen LogP contribution in [0, 0.1) is 6.92 Å². The molecule has 27 heavy (non-hydrogen) atoms. The van der Waals surface area contributed by atoms with Crippen LogP contribution in [0.3, 0.4) is 0 Å². The summed E-state index contributed by atoms with van der Waals surface area (Å²) in [5, 5.41) is 5.11. The van der Waals surface area contributed by atoms with E-state index in [1.807, 2.05) is 13.0 Å². The van der Waals surface area contributed by atoms with Crippen LogP contribution in [-0.2, 0) is 14.3 Å². The van der Waals surface area contributed by atoms with Gasteiger partial charge in [-0.05, 0) is 38.1 Å². The lowest BCUT2D eigenvalue weighted by Gasteiger charge is -2.14. The predicted molar refractivity (Wildman–Crippen MR) is 101 cm³/mol. The molecule has 2 aromatic rings.